The van der Waals surface area contributed by atoms with Gasteiger partial charge < -0.3 is 24.8 Å². The first-order valence-electron chi connectivity index (χ1n) is 14.9. The van der Waals surface area contributed by atoms with Gasteiger partial charge in [0, 0.05) is 0 Å². The quantitative estimate of drug-likeness (QED) is 0.227. The predicted molar refractivity (Wildman–Crippen MR) is 182 cm³/mol. The molecule has 0 atom stereocenters. The number of hydrogen-bond acceptors (Lipinski definition) is 0. The number of rotatable bonds is 2. The summed E-state index contributed by atoms with van der Waals surface area (Å²) >= 11 is 1.46. The fraction of sp³-hybridized carbons (Fsp3) is 0.268. The minimum Gasteiger partial charge on any atom is -1.00 e. The Kier molecular flexibility index (Phi) is 13.9. The Morgan fingerprint density at radius 1 is 0.636 bits per heavy atom. The minimum atomic E-state index is 0. The number of fused-ring (bicyclic) bond motifs is 3. The number of halogens is 2. The zero-order valence-corrected chi connectivity index (χ0v) is 31.3. The van der Waals surface area contributed by atoms with E-state index >= 15 is 0 Å². The number of hydrogen-bond donors (Lipinski definition) is 0. The Labute approximate surface area is 293 Å². The average Bonchev–Trinajstić information content (AvgIpc) is 3.63. The van der Waals surface area contributed by atoms with Crippen LogP contribution in [0.25, 0.3) is 21.5 Å². The Morgan fingerprint density at radius 3 is 1.34 bits per heavy atom. The normalized spacial score (nSPS) is 12.0. The molecule has 6 rings (SSSR count). The molecular formula is C41H44Cl2Zr-2. The summed E-state index contributed by atoms with van der Waals surface area (Å²) < 4.78 is 1.42. The third kappa shape index (κ3) is 10.0. The van der Waals surface area contributed by atoms with Gasteiger partial charge in [0.05, 0.1) is 0 Å². The zero-order valence-electron chi connectivity index (χ0n) is 27.4. The summed E-state index contributed by atoms with van der Waals surface area (Å²) in [6, 6.07) is 33.7. The van der Waals surface area contributed by atoms with E-state index in [-0.39, 0.29) is 35.6 Å². The van der Waals surface area contributed by atoms with E-state index in [1.165, 1.54) is 82.4 Å². The molecule has 0 bridgehead atoms. The molecule has 0 amide bonds. The van der Waals surface area contributed by atoms with Gasteiger partial charge >= 0.3 is 151 Å². The molecule has 0 nitrogen and oxygen atoms in total. The maximum atomic E-state index is 2.99. The van der Waals surface area contributed by atoms with Crippen LogP contribution in [0.4, 0.5) is 0 Å². The van der Waals surface area contributed by atoms with E-state index in [1.807, 2.05) is 12.2 Å². The summed E-state index contributed by atoms with van der Waals surface area (Å²) in [4.78, 5) is 0. The van der Waals surface area contributed by atoms with Gasteiger partial charge in [-0.3, -0.25) is 6.08 Å². The van der Waals surface area contributed by atoms with Crippen molar-refractivity contribution in [1.82, 2.24) is 0 Å². The van der Waals surface area contributed by atoms with Crippen molar-refractivity contribution in [2.75, 3.05) is 0 Å². The molecule has 0 saturated carbocycles. The maximum absolute atomic E-state index is 2.99. The van der Waals surface area contributed by atoms with Crippen LogP contribution in [0, 0.1) is 19.9 Å². The summed E-state index contributed by atoms with van der Waals surface area (Å²) in [5.41, 5.74) is 8.56. The molecule has 0 heterocycles. The van der Waals surface area contributed by atoms with Crippen LogP contribution < -0.4 is 24.8 Å². The molecule has 0 aliphatic heterocycles. The second kappa shape index (κ2) is 16.2. The second-order valence-corrected chi connectivity index (χ2v) is 14.6. The Morgan fingerprint density at radius 2 is 1.05 bits per heavy atom. The third-order valence-corrected chi connectivity index (χ3v) is 9.10. The molecule has 0 radical (unpaired) electrons. The molecule has 44 heavy (non-hydrogen) atoms. The third-order valence-electron chi connectivity index (χ3n) is 7.68. The van der Waals surface area contributed by atoms with Crippen molar-refractivity contribution >= 4 is 24.8 Å². The van der Waals surface area contributed by atoms with Crippen LogP contribution >= 0.6 is 0 Å². The molecule has 0 fully saturated rings. The Balaban J connectivity index is 0.000000264. The molecule has 5 aromatic rings. The van der Waals surface area contributed by atoms with Crippen molar-refractivity contribution in [2.24, 2.45) is 0 Å². The minimum absolute atomic E-state index is 0. The second-order valence-electron chi connectivity index (χ2n) is 13.4. The van der Waals surface area contributed by atoms with Crippen LogP contribution in [-0.2, 0) is 35.1 Å². The standard InChI is InChI=1S/C21H26.C15H13.C5H5.2ClH.Zr/c1-20(2,3)18-11-7-16(8-12-18)15-17-9-13-19(14-10-17)21(4,5)6;1-10-3-5-14-12(7-10)9-13-8-11(2)4-6-15(13)14;1-2-4-5-3-1;;;/h7-14H,1-6H3;3-9H,1-2H3;1-3H,4H2;2*1H;/q;2*-1;;;+2/p-2. The monoisotopic (exact) mass is 696 g/mol. The van der Waals surface area contributed by atoms with Crippen LogP contribution in [0.15, 0.2) is 109 Å². The molecule has 0 spiro atoms. The Hall–Kier alpha value is -2.44. The maximum Gasteiger partial charge on any atom is -0.0469 e. The van der Waals surface area contributed by atoms with Crippen molar-refractivity contribution in [3.8, 4) is 0 Å². The molecule has 3 heteroatoms. The van der Waals surface area contributed by atoms with E-state index in [9.17, 15) is 0 Å². The van der Waals surface area contributed by atoms with E-state index in [2.05, 4.69) is 159 Å². The van der Waals surface area contributed by atoms with Crippen molar-refractivity contribution in [3.05, 3.63) is 149 Å². The number of aryl methyl sites for hydroxylation is 2. The van der Waals surface area contributed by atoms with E-state index in [1.54, 1.807) is 0 Å². The van der Waals surface area contributed by atoms with Crippen LogP contribution in [-0.4, -0.2) is 3.21 Å². The molecule has 0 unspecified atom stereocenters. The van der Waals surface area contributed by atoms with Gasteiger partial charge in [-0.1, -0.05) is 35.4 Å². The zero-order chi connectivity index (χ0) is 30.5. The van der Waals surface area contributed by atoms with Gasteiger partial charge in [0.1, 0.15) is 0 Å². The average molecular weight is 699 g/mol. The van der Waals surface area contributed by atoms with Crippen LogP contribution in [0.1, 0.15) is 81.3 Å². The van der Waals surface area contributed by atoms with Crippen LogP contribution in [0.5, 0.6) is 0 Å². The SMILES string of the molecule is CC(C)(C)c1ccc([C](=[Zr+2])c2ccc(C(C)(C)C)cc2)cc1.Cc1ccc2c(c1)[cH-]c1cc(C)ccc12.[C-]1=CC=CC1.[Cl-].[Cl-]. The fourth-order valence-corrected chi connectivity index (χ4v) is 5.86. The first-order chi connectivity index (χ1) is 19.8. The van der Waals surface area contributed by atoms with Gasteiger partial charge in [-0.15, -0.1) is 46.2 Å². The van der Waals surface area contributed by atoms with Crippen LogP contribution in [0.3, 0.4) is 0 Å². The fourth-order valence-electron chi connectivity index (χ4n) is 5.04. The van der Waals surface area contributed by atoms with Gasteiger partial charge in [0.15, 0.2) is 0 Å². The molecular weight excluding hydrogens is 655 g/mol. The van der Waals surface area contributed by atoms with Crippen molar-refractivity contribution in [3.63, 3.8) is 0 Å². The smallest absolute Gasteiger partial charge is 0.0469 e. The summed E-state index contributed by atoms with van der Waals surface area (Å²) in [6.07, 6.45) is 10.0. The van der Waals surface area contributed by atoms with E-state index in [4.69, 9.17) is 0 Å². The van der Waals surface area contributed by atoms with Gasteiger partial charge in [-0.05, 0) is 13.8 Å². The molecule has 5 aromatic carbocycles. The predicted octanol–water partition coefficient (Wildman–Crippen LogP) is 5.04. The van der Waals surface area contributed by atoms with Gasteiger partial charge in [-0.25, -0.2) is 12.2 Å². The largest absolute Gasteiger partial charge is 1.00 e. The van der Waals surface area contributed by atoms with Crippen molar-refractivity contribution in [2.45, 2.75) is 72.6 Å². The topological polar surface area (TPSA) is 0 Å². The summed E-state index contributed by atoms with van der Waals surface area (Å²) in [5, 5.41) is 5.46. The van der Waals surface area contributed by atoms with Gasteiger partial charge in [0.2, 0.25) is 0 Å². The van der Waals surface area contributed by atoms with Gasteiger partial charge in [-0.2, -0.15) is 6.08 Å². The summed E-state index contributed by atoms with van der Waals surface area (Å²) in [5.74, 6) is 0. The van der Waals surface area contributed by atoms with E-state index in [0.29, 0.717) is 0 Å². The molecule has 1 aliphatic rings. The Bertz CT molecular complexity index is 1590. The molecule has 0 N–H and O–H groups in total. The van der Waals surface area contributed by atoms with Gasteiger partial charge in [0.25, 0.3) is 0 Å². The molecule has 1 aliphatic carbocycles. The van der Waals surface area contributed by atoms with Crippen molar-refractivity contribution < 1.29 is 49.0 Å². The van der Waals surface area contributed by atoms with E-state index < -0.39 is 0 Å². The molecule has 228 valence electrons. The van der Waals surface area contributed by atoms with Crippen molar-refractivity contribution in [1.29, 1.82) is 0 Å². The first-order valence-corrected chi connectivity index (χ1v) is 16.1. The molecule has 0 aromatic heterocycles. The van der Waals surface area contributed by atoms with E-state index in [0.717, 1.165) is 6.42 Å². The number of allylic oxidation sites excluding steroid dienone is 4. The summed E-state index contributed by atoms with van der Waals surface area (Å²) in [7, 11) is 0. The first kappa shape index (κ1) is 37.7. The number of benzene rings is 4. The molecule has 0 saturated heterocycles. The summed E-state index contributed by atoms with van der Waals surface area (Å²) in [6.45, 7) is 17.8. The van der Waals surface area contributed by atoms with Crippen LogP contribution in [0.2, 0.25) is 0 Å².